The number of rotatable bonds is 9. The highest BCUT2D eigenvalue weighted by molar-refractivity contribution is 6.03. The van der Waals surface area contributed by atoms with Crippen molar-refractivity contribution in [1.29, 1.82) is 0 Å². The van der Waals surface area contributed by atoms with Gasteiger partial charge in [0, 0.05) is 35.5 Å². The molecule has 2 heterocycles. The molecule has 1 aromatic heterocycles. The number of benzene rings is 1. The number of carbonyl (C=O) groups is 2. The lowest BCUT2D eigenvalue weighted by molar-refractivity contribution is -0.117. The van der Waals surface area contributed by atoms with Gasteiger partial charge in [-0.25, -0.2) is 4.39 Å². The molecule has 1 aromatic carbocycles. The molecule has 1 atom stereocenters. The van der Waals surface area contributed by atoms with Gasteiger partial charge in [-0.3, -0.25) is 9.59 Å². The predicted molar refractivity (Wildman–Crippen MR) is 113 cm³/mol. The second-order valence-electron chi connectivity index (χ2n) is 7.76. The van der Waals surface area contributed by atoms with Crippen LogP contribution in [0.5, 0.6) is 0 Å². The van der Waals surface area contributed by atoms with Gasteiger partial charge >= 0.3 is 0 Å². The van der Waals surface area contributed by atoms with Crippen LogP contribution in [0.4, 0.5) is 10.1 Å². The molecule has 0 spiro atoms. The third-order valence-corrected chi connectivity index (χ3v) is 5.96. The van der Waals surface area contributed by atoms with E-state index < -0.39 is 5.92 Å². The van der Waals surface area contributed by atoms with Gasteiger partial charge in [-0.15, -0.1) is 0 Å². The zero-order chi connectivity index (χ0) is 21.1. The van der Waals surface area contributed by atoms with Crippen molar-refractivity contribution in [2.75, 3.05) is 25.0 Å². The number of nitrogens with zero attached hydrogens (tertiary/aromatic N) is 1. The summed E-state index contributed by atoms with van der Waals surface area (Å²) in [6, 6.07) is 4.36. The Morgan fingerprint density at radius 2 is 1.93 bits per heavy atom. The molecule has 6 heteroatoms. The van der Waals surface area contributed by atoms with Crippen molar-refractivity contribution >= 4 is 17.4 Å². The highest BCUT2D eigenvalue weighted by Crippen LogP contribution is 2.36. The quantitative estimate of drug-likeness (QED) is 0.616. The van der Waals surface area contributed by atoms with Crippen molar-refractivity contribution < 1.29 is 14.0 Å². The minimum atomic E-state index is -0.455. The van der Waals surface area contributed by atoms with Crippen LogP contribution in [0.25, 0.3) is 0 Å². The normalized spacial score (nSPS) is 15.7. The highest BCUT2D eigenvalue weighted by atomic mass is 19.1. The summed E-state index contributed by atoms with van der Waals surface area (Å²) in [5.74, 6) is -0.807. The van der Waals surface area contributed by atoms with E-state index >= 15 is 0 Å². The third kappa shape index (κ3) is 4.42. The molecule has 156 valence electrons. The van der Waals surface area contributed by atoms with E-state index in [1.54, 1.807) is 6.07 Å². The van der Waals surface area contributed by atoms with Crippen molar-refractivity contribution in [1.82, 2.24) is 9.88 Å². The fourth-order valence-corrected chi connectivity index (χ4v) is 4.27. The van der Waals surface area contributed by atoms with Crippen molar-refractivity contribution in [3.63, 3.8) is 0 Å². The number of halogens is 1. The molecular formula is C23H30FN3O2. The van der Waals surface area contributed by atoms with E-state index in [-0.39, 0.29) is 17.5 Å². The Hall–Kier alpha value is -2.47. The molecule has 0 radical (unpaired) electrons. The largest absolute Gasteiger partial charge is 0.362 e. The fraction of sp³-hybridized carbons (Fsp3) is 0.478. The van der Waals surface area contributed by atoms with Crippen LogP contribution < -0.4 is 5.32 Å². The number of ketones is 1. The van der Waals surface area contributed by atoms with Gasteiger partial charge < -0.3 is 15.2 Å². The first-order valence-electron chi connectivity index (χ1n) is 10.4. The zero-order valence-corrected chi connectivity index (χ0v) is 17.7. The van der Waals surface area contributed by atoms with Crippen molar-refractivity contribution in [3.8, 4) is 0 Å². The number of nitrogens with one attached hydrogen (secondary N) is 2. The number of anilines is 1. The van der Waals surface area contributed by atoms with E-state index in [0.29, 0.717) is 24.1 Å². The maximum absolute atomic E-state index is 13.7. The number of hydrogen-bond acceptors (Lipinski definition) is 3. The molecule has 2 N–H and O–H groups in total. The van der Waals surface area contributed by atoms with Crippen LogP contribution in [-0.2, 0) is 11.2 Å². The first kappa shape index (κ1) is 21.2. The second-order valence-corrected chi connectivity index (χ2v) is 7.76. The van der Waals surface area contributed by atoms with Crippen molar-refractivity contribution in [2.24, 2.45) is 0 Å². The predicted octanol–water partition coefficient (Wildman–Crippen LogP) is 4.35. The number of aromatic nitrogens is 1. The maximum Gasteiger partial charge on any atom is 0.232 e. The van der Waals surface area contributed by atoms with Gasteiger partial charge in [-0.05, 0) is 69.2 Å². The first-order chi connectivity index (χ1) is 13.8. The number of amides is 1. The smallest absolute Gasteiger partial charge is 0.232 e. The lowest BCUT2D eigenvalue weighted by Gasteiger charge is -2.17. The van der Waals surface area contributed by atoms with Crippen LogP contribution in [0.15, 0.2) is 18.2 Å². The number of carbonyl (C=O) groups excluding carboxylic acids is 2. The van der Waals surface area contributed by atoms with Gasteiger partial charge in [0.05, 0.1) is 5.92 Å². The summed E-state index contributed by atoms with van der Waals surface area (Å²) in [6.45, 7) is 11.0. The zero-order valence-electron chi connectivity index (χ0n) is 17.7. The van der Waals surface area contributed by atoms with Crippen LogP contribution >= 0.6 is 0 Å². The van der Waals surface area contributed by atoms with Crippen LogP contribution in [0.2, 0.25) is 0 Å². The lowest BCUT2D eigenvalue weighted by Crippen LogP contribution is -2.24. The Bertz CT molecular complexity index is 915. The first-order valence-corrected chi connectivity index (χ1v) is 10.4. The number of aryl methyl sites for hydroxylation is 1. The van der Waals surface area contributed by atoms with Gasteiger partial charge in [0.2, 0.25) is 5.91 Å². The summed E-state index contributed by atoms with van der Waals surface area (Å²) >= 11 is 0. The molecule has 5 nitrogen and oxygen atoms in total. The van der Waals surface area contributed by atoms with Gasteiger partial charge in [-0.2, -0.15) is 0 Å². The average molecular weight is 400 g/mol. The van der Waals surface area contributed by atoms with Crippen LogP contribution in [0, 0.1) is 19.7 Å². The molecule has 0 saturated heterocycles. The molecule has 1 unspecified atom stereocenters. The molecule has 1 aliphatic rings. The topological polar surface area (TPSA) is 65.2 Å². The number of fused-ring (bicyclic) bond motifs is 1. The summed E-state index contributed by atoms with van der Waals surface area (Å²) < 4.78 is 13.7. The average Bonchev–Trinajstić information content (AvgIpc) is 3.14. The lowest BCUT2D eigenvalue weighted by atomic mass is 9.93. The Morgan fingerprint density at radius 1 is 1.21 bits per heavy atom. The van der Waals surface area contributed by atoms with Gasteiger partial charge in [0.1, 0.15) is 5.82 Å². The van der Waals surface area contributed by atoms with Crippen molar-refractivity contribution in [3.05, 3.63) is 52.1 Å². The number of aromatic amines is 1. The van der Waals surface area contributed by atoms with Gasteiger partial charge in [-0.1, -0.05) is 13.8 Å². The van der Waals surface area contributed by atoms with Gasteiger partial charge in [0.25, 0.3) is 0 Å². The highest BCUT2D eigenvalue weighted by Gasteiger charge is 2.32. The SMILES string of the molecule is CCN(CC)CCCC(=O)c1c(C)[nH]c(CC2C(=O)Nc3ccc(F)cc32)c1C. The summed E-state index contributed by atoms with van der Waals surface area (Å²) in [4.78, 5) is 30.9. The van der Waals surface area contributed by atoms with Crippen LogP contribution in [0.3, 0.4) is 0 Å². The molecule has 1 amide bonds. The van der Waals surface area contributed by atoms with E-state index in [1.807, 2.05) is 13.8 Å². The molecule has 0 fully saturated rings. The molecular weight excluding hydrogens is 369 g/mol. The van der Waals surface area contributed by atoms with Crippen molar-refractivity contribution in [2.45, 2.75) is 52.9 Å². The summed E-state index contributed by atoms with van der Waals surface area (Å²) in [5, 5.41) is 2.82. The van der Waals surface area contributed by atoms with Crippen LogP contribution in [-0.4, -0.2) is 41.2 Å². The summed E-state index contributed by atoms with van der Waals surface area (Å²) in [6.07, 6.45) is 1.76. The molecule has 29 heavy (non-hydrogen) atoms. The minimum absolute atomic E-state index is 0.135. The van der Waals surface area contributed by atoms with E-state index in [1.165, 1.54) is 12.1 Å². The number of hydrogen-bond donors (Lipinski definition) is 2. The summed E-state index contributed by atoms with van der Waals surface area (Å²) in [5.41, 5.74) is 4.67. The molecule has 1 aliphatic heterocycles. The molecule has 2 aromatic rings. The number of H-pyrrole nitrogens is 1. The second kappa shape index (κ2) is 8.91. The Labute approximate surface area is 171 Å². The van der Waals surface area contributed by atoms with Crippen LogP contribution in [0.1, 0.15) is 65.5 Å². The minimum Gasteiger partial charge on any atom is -0.362 e. The Balaban J connectivity index is 1.74. The van der Waals surface area contributed by atoms with E-state index in [2.05, 4.69) is 29.0 Å². The van der Waals surface area contributed by atoms with E-state index in [0.717, 1.165) is 48.6 Å². The number of Topliss-reactive ketones (excluding diaryl/α,β-unsaturated/α-hetero) is 1. The summed E-state index contributed by atoms with van der Waals surface area (Å²) in [7, 11) is 0. The van der Waals surface area contributed by atoms with Gasteiger partial charge in [0.15, 0.2) is 5.78 Å². The molecule has 0 saturated carbocycles. The molecule has 0 bridgehead atoms. The fourth-order valence-electron chi connectivity index (χ4n) is 4.27. The van der Waals surface area contributed by atoms with E-state index in [4.69, 9.17) is 0 Å². The maximum atomic E-state index is 13.7. The Morgan fingerprint density at radius 3 is 2.62 bits per heavy atom. The third-order valence-electron chi connectivity index (χ3n) is 5.96. The Kier molecular flexibility index (Phi) is 6.52. The molecule has 0 aliphatic carbocycles. The monoisotopic (exact) mass is 399 g/mol. The molecule has 3 rings (SSSR count). The van der Waals surface area contributed by atoms with E-state index in [9.17, 15) is 14.0 Å². The standard InChI is InChI=1S/C23H30FN3O2/c1-5-27(6-2)11-7-8-21(28)22-14(3)20(25-15(22)4)13-18-17-12-16(24)9-10-19(17)26-23(18)29/h9-10,12,18,25H,5-8,11,13H2,1-4H3,(H,26,29).